The minimum absolute atomic E-state index is 1.12. The van der Waals surface area contributed by atoms with Crippen molar-refractivity contribution < 1.29 is 0 Å². The maximum atomic E-state index is 2.44. The summed E-state index contributed by atoms with van der Waals surface area (Å²) in [7, 11) is 0. The standard InChI is InChI=1S/C62H44N2S2/c1-41-19-9-13-31-55(41)63(45-21-5-3-6-22-45)57-37-35-43(39-53(57)51-29-17-27-49-47-25-11-15-33-59(47)65-61(49)51)44-36-38-58(64(46-23-7-4-8-24-46)56-32-14-10-20-42(56)2)54(40-44)52-30-18-28-50-48-26-12-16-34-60(48)66-62(50)52/h3-40H,1-2H3. The van der Waals surface area contributed by atoms with Gasteiger partial charge in [0.2, 0.25) is 0 Å². The Hall–Kier alpha value is -7.76. The summed E-state index contributed by atoms with van der Waals surface area (Å²) in [5.74, 6) is 0. The van der Waals surface area contributed by atoms with Crippen molar-refractivity contribution in [2.24, 2.45) is 0 Å². The number of benzene rings is 10. The molecular weight excluding hydrogens is 837 g/mol. The van der Waals surface area contributed by atoms with Gasteiger partial charge in [-0.3, -0.25) is 0 Å². The van der Waals surface area contributed by atoms with E-state index in [-0.39, 0.29) is 0 Å². The first-order valence-corrected chi connectivity index (χ1v) is 24.1. The molecule has 2 nitrogen and oxygen atoms in total. The summed E-state index contributed by atoms with van der Waals surface area (Å²) in [6.45, 7) is 4.42. The lowest BCUT2D eigenvalue weighted by Crippen LogP contribution is -2.13. The van der Waals surface area contributed by atoms with Crippen molar-refractivity contribution in [2.45, 2.75) is 13.8 Å². The van der Waals surface area contributed by atoms with Gasteiger partial charge in [0, 0.05) is 85.3 Å². The van der Waals surface area contributed by atoms with E-state index >= 15 is 0 Å². The van der Waals surface area contributed by atoms with Crippen LogP contribution in [0.5, 0.6) is 0 Å². The molecule has 2 aromatic heterocycles. The molecule has 0 unspecified atom stereocenters. The molecule has 0 spiro atoms. The number of para-hydroxylation sites is 4. The lowest BCUT2D eigenvalue weighted by atomic mass is 9.92. The van der Waals surface area contributed by atoms with Crippen LogP contribution in [0, 0.1) is 13.8 Å². The predicted molar refractivity (Wildman–Crippen MR) is 287 cm³/mol. The van der Waals surface area contributed by atoms with Gasteiger partial charge in [0.05, 0.1) is 11.4 Å². The molecule has 12 rings (SSSR count). The molecule has 0 aliphatic rings. The van der Waals surface area contributed by atoms with Crippen LogP contribution in [0.1, 0.15) is 11.1 Å². The molecule has 0 aliphatic heterocycles. The van der Waals surface area contributed by atoms with Crippen LogP contribution in [0.4, 0.5) is 34.1 Å². The van der Waals surface area contributed by atoms with E-state index in [1.165, 1.54) is 73.7 Å². The van der Waals surface area contributed by atoms with E-state index in [0.29, 0.717) is 0 Å². The van der Waals surface area contributed by atoms with Crippen LogP contribution in [0.15, 0.2) is 231 Å². The third-order valence-electron chi connectivity index (χ3n) is 12.9. The van der Waals surface area contributed by atoms with E-state index in [1.807, 2.05) is 22.7 Å². The molecule has 12 aromatic rings. The molecule has 10 aromatic carbocycles. The summed E-state index contributed by atoms with van der Waals surface area (Å²) < 4.78 is 5.17. The van der Waals surface area contributed by atoms with Crippen LogP contribution in [0.25, 0.3) is 73.7 Å². The lowest BCUT2D eigenvalue weighted by molar-refractivity contribution is 1.25. The van der Waals surface area contributed by atoms with Gasteiger partial charge in [0.1, 0.15) is 0 Å². The third-order valence-corrected chi connectivity index (χ3v) is 15.4. The fourth-order valence-electron chi connectivity index (χ4n) is 9.77. The highest BCUT2D eigenvalue weighted by Crippen LogP contribution is 2.50. The molecule has 0 N–H and O–H groups in total. The molecule has 0 radical (unpaired) electrons. The lowest BCUT2D eigenvalue weighted by Gasteiger charge is -2.30. The Morgan fingerprint density at radius 2 is 0.667 bits per heavy atom. The molecular formula is C62H44N2S2. The highest BCUT2D eigenvalue weighted by Gasteiger charge is 2.24. The molecule has 0 saturated heterocycles. The highest BCUT2D eigenvalue weighted by molar-refractivity contribution is 7.26. The maximum Gasteiger partial charge on any atom is 0.0541 e. The zero-order valence-corrected chi connectivity index (χ0v) is 38.3. The topological polar surface area (TPSA) is 6.48 Å². The molecule has 0 fully saturated rings. The Labute approximate surface area is 393 Å². The number of anilines is 6. The van der Waals surface area contributed by atoms with Gasteiger partial charge < -0.3 is 9.80 Å². The van der Waals surface area contributed by atoms with Crippen LogP contribution in [-0.2, 0) is 0 Å². The quantitative estimate of drug-likeness (QED) is 0.143. The summed E-state index contributed by atoms with van der Waals surface area (Å²) in [5.41, 5.74) is 16.3. The summed E-state index contributed by atoms with van der Waals surface area (Å²) in [4.78, 5) is 4.88. The van der Waals surface area contributed by atoms with Crippen molar-refractivity contribution >= 4 is 97.1 Å². The largest absolute Gasteiger partial charge is 0.310 e. The normalized spacial score (nSPS) is 11.5. The van der Waals surface area contributed by atoms with Crippen molar-refractivity contribution in [1.29, 1.82) is 0 Å². The molecule has 0 saturated carbocycles. The molecule has 2 heterocycles. The minimum atomic E-state index is 1.12. The van der Waals surface area contributed by atoms with Crippen LogP contribution in [0.2, 0.25) is 0 Å². The molecule has 66 heavy (non-hydrogen) atoms. The van der Waals surface area contributed by atoms with Gasteiger partial charge in [-0.1, -0.05) is 158 Å². The van der Waals surface area contributed by atoms with E-state index in [0.717, 1.165) is 45.3 Å². The van der Waals surface area contributed by atoms with Gasteiger partial charge in [0.15, 0.2) is 0 Å². The smallest absolute Gasteiger partial charge is 0.0541 e. The first-order valence-electron chi connectivity index (χ1n) is 22.5. The Morgan fingerprint density at radius 1 is 0.288 bits per heavy atom. The van der Waals surface area contributed by atoms with Gasteiger partial charge >= 0.3 is 0 Å². The number of nitrogens with zero attached hydrogens (tertiary/aromatic N) is 2. The Bertz CT molecular complexity index is 3500. The number of aryl methyl sites for hydroxylation is 2. The van der Waals surface area contributed by atoms with E-state index < -0.39 is 0 Å². The van der Waals surface area contributed by atoms with Crippen molar-refractivity contribution in [3.8, 4) is 33.4 Å². The van der Waals surface area contributed by atoms with Crippen molar-refractivity contribution in [3.63, 3.8) is 0 Å². The zero-order valence-electron chi connectivity index (χ0n) is 36.7. The number of fused-ring (bicyclic) bond motifs is 6. The van der Waals surface area contributed by atoms with Gasteiger partial charge in [-0.25, -0.2) is 0 Å². The second-order valence-corrected chi connectivity index (χ2v) is 19.0. The van der Waals surface area contributed by atoms with Crippen LogP contribution in [0.3, 0.4) is 0 Å². The first-order chi connectivity index (χ1) is 32.6. The van der Waals surface area contributed by atoms with Crippen LogP contribution < -0.4 is 9.80 Å². The second-order valence-electron chi connectivity index (χ2n) is 16.9. The molecule has 4 heteroatoms. The van der Waals surface area contributed by atoms with Gasteiger partial charge in [0.25, 0.3) is 0 Å². The number of rotatable bonds is 9. The molecule has 0 bridgehead atoms. The van der Waals surface area contributed by atoms with E-state index in [9.17, 15) is 0 Å². The first kappa shape index (κ1) is 39.8. The van der Waals surface area contributed by atoms with Crippen molar-refractivity contribution in [2.75, 3.05) is 9.80 Å². The molecule has 314 valence electrons. The van der Waals surface area contributed by atoms with Crippen molar-refractivity contribution in [1.82, 2.24) is 0 Å². The Kier molecular flexibility index (Phi) is 10.0. The summed E-state index contributed by atoms with van der Waals surface area (Å²) in [6.07, 6.45) is 0. The minimum Gasteiger partial charge on any atom is -0.310 e. The zero-order chi connectivity index (χ0) is 44.1. The maximum absolute atomic E-state index is 2.44. The Morgan fingerprint density at radius 3 is 1.11 bits per heavy atom. The van der Waals surface area contributed by atoms with E-state index in [1.54, 1.807) is 0 Å². The average Bonchev–Trinajstić information content (AvgIpc) is 3.95. The molecule has 0 amide bonds. The highest BCUT2D eigenvalue weighted by atomic mass is 32.1. The van der Waals surface area contributed by atoms with Crippen molar-refractivity contribution in [3.05, 3.63) is 242 Å². The third kappa shape index (κ3) is 6.85. The fourth-order valence-corrected chi connectivity index (χ4v) is 12.2. The fraction of sp³-hybridized carbons (Fsp3) is 0.0323. The second kappa shape index (κ2) is 16.7. The van der Waals surface area contributed by atoms with E-state index in [2.05, 4.69) is 254 Å². The summed E-state index contributed by atoms with van der Waals surface area (Å²) in [6, 6.07) is 84.6. The van der Waals surface area contributed by atoms with Gasteiger partial charge in [-0.15, -0.1) is 22.7 Å². The van der Waals surface area contributed by atoms with Crippen LogP contribution in [-0.4, -0.2) is 0 Å². The summed E-state index contributed by atoms with van der Waals surface area (Å²) >= 11 is 3.76. The average molecular weight is 881 g/mol. The van der Waals surface area contributed by atoms with Crippen LogP contribution >= 0.6 is 22.7 Å². The molecule has 0 aliphatic carbocycles. The number of hydrogen-bond donors (Lipinski definition) is 0. The Balaban J connectivity index is 1.14. The van der Waals surface area contributed by atoms with E-state index in [4.69, 9.17) is 0 Å². The number of thiophene rings is 2. The number of hydrogen-bond acceptors (Lipinski definition) is 4. The predicted octanol–water partition coefficient (Wildman–Crippen LogP) is 19.0. The summed E-state index contributed by atoms with van der Waals surface area (Å²) in [5, 5.41) is 5.16. The molecule has 0 atom stereocenters. The van der Waals surface area contributed by atoms with Gasteiger partial charge in [-0.2, -0.15) is 0 Å². The SMILES string of the molecule is Cc1ccccc1N(c1ccccc1)c1ccc(-c2ccc(N(c3ccccc3)c3ccccc3C)c(-c3cccc4c3sc3ccccc34)c2)cc1-c1cccc2c1sc1ccccc12. The van der Waals surface area contributed by atoms with Gasteiger partial charge in [-0.05, 0) is 109 Å². The monoisotopic (exact) mass is 880 g/mol.